The van der Waals surface area contributed by atoms with Crippen LogP contribution in [0.3, 0.4) is 0 Å². The van der Waals surface area contributed by atoms with E-state index < -0.39 is 5.97 Å². The topological polar surface area (TPSA) is 75.2 Å². The Hall–Kier alpha value is -2.30. The summed E-state index contributed by atoms with van der Waals surface area (Å²) in [6.45, 7) is 3.76. The smallest absolute Gasteiger partial charge is 0.354 e. The van der Waals surface area contributed by atoms with Crippen molar-refractivity contribution in [3.8, 4) is 17.0 Å². The fraction of sp³-hybridized carbons (Fsp3) is 0.286. The number of carboxylic acids is 1. The molecule has 1 heterocycles. The number of aromatic amines is 1. The molecular formula is C14H16N2O3. The molecule has 0 aliphatic rings. The minimum absolute atomic E-state index is 0.115. The molecular weight excluding hydrogens is 244 g/mol. The number of hydrogen-bond donors (Lipinski definition) is 2. The first-order valence-electron chi connectivity index (χ1n) is 6.04. The van der Waals surface area contributed by atoms with Crippen molar-refractivity contribution in [2.75, 3.05) is 7.11 Å². The predicted octanol–water partition coefficient (Wildman–Crippen LogP) is 2.65. The second kappa shape index (κ2) is 5.14. The van der Waals surface area contributed by atoms with Gasteiger partial charge in [-0.2, -0.15) is 0 Å². The van der Waals surface area contributed by atoms with Crippen molar-refractivity contribution in [2.24, 2.45) is 0 Å². The Kier molecular flexibility index (Phi) is 3.55. The van der Waals surface area contributed by atoms with E-state index in [9.17, 15) is 9.90 Å². The van der Waals surface area contributed by atoms with Gasteiger partial charge in [-0.15, -0.1) is 0 Å². The van der Waals surface area contributed by atoms with Gasteiger partial charge in [0.25, 0.3) is 0 Å². The number of methoxy groups -OCH3 is 1. The normalized spacial score (nSPS) is 10.5. The van der Waals surface area contributed by atoms with Crippen molar-refractivity contribution in [3.63, 3.8) is 0 Å². The molecule has 0 amide bonds. The number of hydrogen-bond acceptors (Lipinski definition) is 3. The van der Waals surface area contributed by atoms with Crippen molar-refractivity contribution < 1.29 is 14.6 Å². The highest BCUT2D eigenvalue weighted by molar-refractivity contribution is 5.93. The average molecular weight is 260 g/mol. The van der Waals surface area contributed by atoms with Crippen LogP contribution in [0.15, 0.2) is 18.2 Å². The lowest BCUT2D eigenvalue weighted by atomic mass is 10.0. The molecule has 0 aliphatic heterocycles. The van der Waals surface area contributed by atoms with Crippen LogP contribution in [0.2, 0.25) is 0 Å². The SMILES string of the molecule is CCc1cc(-c2nc(C)[nH]c2C(=O)O)ccc1OC. The van der Waals surface area contributed by atoms with Crippen LogP contribution in [-0.2, 0) is 6.42 Å². The van der Waals surface area contributed by atoms with Gasteiger partial charge in [-0.05, 0) is 37.1 Å². The van der Waals surface area contributed by atoms with E-state index in [0.29, 0.717) is 11.5 Å². The quantitative estimate of drug-likeness (QED) is 0.886. The Balaban J connectivity index is 2.56. The largest absolute Gasteiger partial charge is 0.496 e. The Labute approximate surface area is 111 Å². The number of aromatic nitrogens is 2. The first kappa shape index (κ1) is 13.1. The molecule has 0 atom stereocenters. The number of aryl methyl sites for hydroxylation is 2. The molecule has 2 N–H and O–H groups in total. The molecule has 0 saturated heterocycles. The minimum atomic E-state index is -1.01. The van der Waals surface area contributed by atoms with Crippen LogP contribution in [0.1, 0.15) is 28.8 Å². The highest BCUT2D eigenvalue weighted by Crippen LogP contribution is 2.28. The maximum absolute atomic E-state index is 11.2. The maximum Gasteiger partial charge on any atom is 0.354 e. The zero-order valence-electron chi connectivity index (χ0n) is 11.2. The standard InChI is InChI=1S/C14H16N2O3/c1-4-9-7-10(5-6-11(9)19-3)12-13(14(17)18)16-8(2)15-12/h5-7H,4H2,1-3H3,(H,15,16)(H,17,18). The Morgan fingerprint density at radius 2 is 2.21 bits per heavy atom. The van der Waals surface area contributed by atoms with Gasteiger partial charge in [-0.1, -0.05) is 6.92 Å². The van der Waals surface area contributed by atoms with E-state index in [1.807, 2.05) is 25.1 Å². The minimum Gasteiger partial charge on any atom is -0.496 e. The van der Waals surface area contributed by atoms with Gasteiger partial charge in [-0.25, -0.2) is 9.78 Å². The van der Waals surface area contributed by atoms with Gasteiger partial charge < -0.3 is 14.8 Å². The molecule has 1 aromatic heterocycles. The number of H-pyrrole nitrogens is 1. The van der Waals surface area contributed by atoms with Crippen molar-refractivity contribution >= 4 is 5.97 Å². The molecule has 19 heavy (non-hydrogen) atoms. The lowest BCUT2D eigenvalue weighted by molar-refractivity contribution is 0.0692. The zero-order valence-corrected chi connectivity index (χ0v) is 11.2. The number of carboxylic acid groups (broad SMARTS) is 1. The van der Waals surface area contributed by atoms with Gasteiger partial charge in [0.05, 0.1) is 7.11 Å². The Morgan fingerprint density at radius 3 is 2.79 bits per heavy atom. The summed E-state index contributed by atoms with van der Waals surface area (Å²) in [5.41, 5.74) is 2.38. The summed E-state index contributed by atoms with van der Waals surface area (Å²) in [4.78, 5) is 18.2. The van der Waals surface area contributed by atoms with Gasteiger partial charge in [-0.3, -0.25) is 0 Å². The average Bonchev–Trinajstić information content (AvgIpc) is 2.80. The summed E-state index contributed by atoms with van der Waals surface area (Å²) >= 11 is 0. The number of ether oxygens (including phenoxy) is 1. The van der Waals surface area contributed by atoms with Gasteiger partial charge >= 0.3 is 5.97 Å². The van der Waals surface area contributed by atoms with Gasteiger partial charge in [0.15, 0.2) is 5.69 Å². The van der Waals surface area contributed by atoms with E-state index in [2.05, 4.69) is 9.97 Å². The predicted molar refractivity (Wildman–Crippen MR) is 71.7 cm³/mol. The fourth-order valence-electron chi connectivity index (χ4n) is 2.06. The number of carbonyl (C=O) groups is 1. The molecule has 2 rings (SSSR count). The molecule has 0 saturated carbocycles. The molecule has 1 aromatic carbocycles. The van der Waals surface area contributed by atoms with Crippen molar-refractivity contribution in [1.29, 1.82) is 0 Å². The van der Waals surface area contributed by atoms with Crippen LogP contribution in [0.5, 0.6) is 5.75 Å². The summed E-state index contributed by atoms with van der Waals surface area (Å²) in [7, 11) is 1.62. The van der Waals surface area contributed by atoms with E-state index in [4.69, 9.17) is 4.74 Å². The van der Waals surface area contributed by atoms with Crippen LogP contribution in [0, 0.1) is 6.92 Å². The van der Waals surface area contributed by atoms with Crippen molar-refractivity contribution in [1.82, 2.24) is 9.97 Å². The number of benzene rings is 1. The molecule has 100 valence electrons. The lowest BCUT2D eigenvalue weighted by Crippen LogP contribution is -2.00. The summed E-state index contributed by atoms with van der Waals surface area (Å²) in [5, 5.41) is 9.17. The van der Waals surface area contributed by atoms with Crippen molar-refractivity contribution in [3.05, 3.63) is 35.3 Å². The van der Waals surface area contributed by atoms with E-state index in [1.165, 1.54) is 0 Å². The molecule has 5 nitrogen and oxygen atoms in total. The highest BCUT2D eigenvalue weighted by atomic mass is 16.5. The molecule has 0 spiro atoms. The Morgan fingerprint density at radius 1 is 1.47 bits per heavy atom. The third-order valence-electron chi connectivity index (χ3n) is 2.97. The molecule has 0 aliphatic carbocycles. The van der Waals surface area contributed by atoms with Crippen molar-refractivity contribution in [2.45, 2.75) is 20.3 Å². The van der Waals surface area contributed by atoms with Gasteiger partial charge in [0.1, 0.15) is 17.3 Å². The number of imidazole rings is 1. The summed E-state index contributed by atoms with van der Waals surface area (Å²) in [6.07, 6.45) is 0.808. The first-order valence-corrected chi connectivity index (χ1v) is 6.04. The van der Waals surface area contributed by atoms with E-state index in [1.54, 1.807) is 14.0 Å². The van der Waals surface area contributed by atoms with Gasteiger partial charge in [0, 0.05) is 5.56 Å². The summed E-state index contributed by atoms with van der Waals surface area (Å²) < 4.78 is 5.27. The van der Waals surface area contributed by atoms with Crippen LogP contribution < -0.4 is 4.74 Å². The zero-order chi connectivity index (χ0) is 14.0. The second-order valence-corrected chi connectivity index (χ2v) is 4.23. The highest BCUT2D eigenvalue weighted by Gasteiger charge is 2.17. The third kappa shape index (κ3) is 2.45. The molecule has 2 aromatic rings. The van der Waals surface area contributed by atoms with E-state index >= 15 is 0 Å². The van der Waals surface area contributed by atoms with Crippen LogP contribution in [-0.4, -0.2) is 28.2 Å². The molecule has 0 fully saturated rings. The molecule has 5 heteroatoms. The monoisotopic (exact) mass is 260 g/mol. The Bertz CT molecular complexity index is 617. The van der Waals surface area contributed by atoms with E-state index in [0.717, 1.165) is 23.3 Å². The molecule has 0 unspecified atom stereocenters. The maximum atomic E-state index is 11.2. The third-order valence-corrected chi connectivity index (χ3v) is 2.97. The number of aromatic carboxylic acids is 1. The summed E-state index contributed by atoms with van der Waals surface area (Å²) in [5.74, 6) is 0.376. The van der Waals surface area contributed by atoms with Crippen LogP contribution >= 0.6 is 0 Å². The number of nitrogens with one attached hydrogen (secondary N) is 1. The molecule has 0 bridgehead atoms. The fourth-order valence-corrected chi connectivity index (χ4v) is 2.06. The van der Waals surface area contributed by atoms with E-state index in [-0.39, 0.29) is 5.69 Å². The van der Waals surface area contributed by atoms with Gasteiger partial charge in [0.2, 0.25) is 0 Å². The van der Waals surface area contributed by atoms with Crippen LogP contribution in [0.25, 0.3) is 11.3 Å². The number of nitrogens with zero attached hydrogens (tertiary/aromatic N) is 1. The summed E-state index contributed by atoms with van der Waals surface area (Å²) in [6, 6.07) is 5.57. The van der Waals surface area contributed by atoms with Crippen LogP contribution in [0.4, 0.5) is 0 Å². The number of rotatable bonds is 4. The first-order chi connectivity index (χ1) is 9.06. The molecule has 0 radical (unpaired) electrons. The second-order valence-electron chi connectivity index (χ2n) is 4.23. The lowest BCUT2D eigenvalue weighted by Gasteiger charge is -2.08.